The lowest BCUT2D eigenvalue weighted by atomic mass is 9.77. The zero-order chi connectivity index (χ0) is 19.7. The summed E-state index contributed by atoms with van der Waals surface area (Å²) in [5.41, 5.74) is 3.79. The molecular formula is C22H22N2O4. The van der Waals surface area contributed by atoms with Crippen molar-refractivity contribution in [2.24, 2.45) is 10.9 Å². The number of hydrogen-bond donors (Lipinski definition) is 1. The van der Waals surface area contributed by atoms with Crippen molar-refractivity contribution in [3.05, 3.63) is 58.8 Å². The van der Waals surface area contributed by atoms with Crippen LogP contribution >= 0.6 is 0 Å². The van der Waals surface area contributed by atoms with Crippen LogP contribution in [-0.2, 0) is 4.79 Å². The number of rotatable bonds is 3. The Hall–Kier alpha value is -3.15. The van der Waals surface area contributed by atoms with Gasteiger partial charge in [-0.25, -0.2) is 4.99 Å². The summed E-state index contributed by atoms with van der Waals surface area (Å²) >= 11 is 0. The van der Waals surface area contributed by atoms with Gasteiger partial charge in [-0.1, -0.05) is 6.08 Å². The molecule has 1 unspecified atom stereocenters. The number of hydrogen-bond acceptors (Lipinski definition) is 4. The van der Waals surface area contributed by atoms with E-state index in [1.807, 2.05) is 12.2 Å². The largest absolute Gasteiger partial charge is 0.497 e. The third kappa shape index (κ3) is 3.26. The molecule has 0 spiro atoms. The van der Waals surface area contributed by atoms with Gasteiger partial charge in [-0.15, -0.1) is 0 Å². The first-order valence-electron chi connectivity index (χ1n) is 9.39. The fourth-order valence-corrected chi connectivity index (χ4v) is 3.97. The number of carbonyl (C=O) groups is 2. The molecule has 0 saturated heterocycles. The van der Waals surface area contributed by atoms with E-state index in [9.17, 15) is 9.59 Å². The Kier molecular flexibility index (Phi) is 4.86. The summed E-state index contributed by atoms with van der Waals surface area (Å²) in [4.78, 5) is 29.3. The van der Waals surface area contributed by atoms with Gasteiger partial charge >= 0.3 is 0 Å². The number of allylic oxidation sites excluding steroid dienone is 3. The number of aliphatic imine (C=N–C) groups is 1. The molecule has 6 heteroatoms. The van der Waals surface area contributed by atoms with Crippen LogP contribution in [0.15, 0.2) is 58.3 Å². The molecule has 3 aliphatic rings. The van der Waals surface area contributed by atoms with Crippen molar-refractivity contribution in [3.63, 3.8) is 0 Å². The summed E-state index contributed by atoms with van der Waals surface area (Å²) in [6, 6.07) is 4.98. The lowest BCUT2D eigenvalue weighted by Gasteiger charge is -2.33. The number of nitrogens with one attached hydrogen (secondary N) is 1. The van der Waals surface area contributed by atoms with Gasteiger partial charge in [0.05, 0.1) is 25.5 Å². The van der Waals surface area contributed by atoms with Crippen LogP contribution in [0.2, 0.25) is 0 Å². The highest BCUT2D eigenvalue weighted by molar-refractivity contribution is 6.15. The van der Waals surface area contributed by atoms with Crippen LogP contribution in [0.1, 0.15) is 36.0 Å². The minimum atomic E-state index is -0.408. The first kappa shape index (κ1) is 18.2. The maximum atomic E-state index is 12.7. The number of amides is 2. The van der Waals surface area contributed by atoms with Crippen LogP contribution in [-0.4, -0.2) is 31.7 Å². The second kappa shape index (κ2) is 7.46. The minimum Gasteiger partial charge on any atom is -0.497 e. The van der Waals surface area contributed by atoms with E-state index in [4.69, 9.17) is 9.47 Å². The Morgan fingerprint density at radius 2 is 2.00 bits per heavy atom. The van der Waals surface area contributed by atoms with Gasteiger partial charge in [0, 0.05) is 23.3 Å². The van der Waals surface area contributed by atoms with Gasteiger partial charge in [0.25, 0.3) is 11.8 Å². The molecule has 28 heavy (non-hydrogen) atoms. The average Bonchev–Trinajstić information content (AvgIpc) is 2.73. The monoisotopic (exact) mass is 378 g/mol. The molecule has 1 N–H and O–H groups in total. The van der Waals surface area contributed by atoms with E-state index in [-0.39, 0.29) is 11.8 Å². The second-order valence-corrected chi connectivity index (χ2v) is 7.01. The average molecular weight is 378 g/mol. The van der Waals surface area contributed by atoms with E-state index in [2.05, 4.69) is 10.3 Å². The summed E-state index contributed by atoms with van der Waals surface area (Å²) in [5.74, 6) is 0.661. The number of methoxy groups -OCH3 is 2. The van der Waals surface area contributed by atoms with Crippen molar-refractivity contribution in [2.75, 3.05) is 14.2 Å². The third-order valence-electron chi connectivity index (χ3n) is 5.39. The van der Waals surface area contributed by atoms with Gasteiger partial charge in [0.1, 0.15) is 11.5 Å². The van der Waals surface area contributed by atoms with Crippen LogP contribution in [0.4, 0.5) is 0 Å². The molecule has 4 rings (SSSR count). The molecule has 6 nitrogen and oxygen atoms in total. The minimum absolute atomic E-state index is 0.0185. The molecule has 0 aromatic heterocycles. The Morgan fingerprint density at radius 3 is 2.79 bits per heavy atom. The van der Waals surface area contributed by atoms with E-state index in [1.54, 1.807) is 31.4 Å². The summed E-state index contributed by atoms with van der Waals surface area (Å²) < 4.78 is 10.5. The van der Waals surface area contributed by atoms with Gasteiger partial charge in [-0.3, -0.25) is 9.59 Å². The number of fused-ring (bicyclic) bond motifs is 2. The lowest BCUT2D eigenvalue weighted by Crippen LogP contribution is -2.37. The van der Waals surface area contributed by atoms with E-state index in [0.717, 1.165) is 37.0 Å². The highest BCUT2D eigenvalue weighted by atomic mass is 16.5. The summed E-state index contributed by atoms with van der Waals surface area (Å²) in [6.45, 7) is 0. The Labute approximate surface area is 163 Å². The predicted octanol–water partition coefficient (Wildman–Crippen LogP) is 3.36. The molecule has 144 valence electrons. The number of benzene rings is 1. The molecule has 0 fully saturated rings. The van der Waals surface area contributed by atoms with Gasteiger partial charge in [0.2, 0.25) is 0 Å². The quantitative estimate of drug-likeness (QED) is 0.875. The van der Waals surface area contributed by atoms with E-state index >= 15 is 0 Å². The molecule has 2 amide bonds. The van der Waals surface area contributed by atoms with Crippen molar-refractivity contribution in [1.29, 1.82) is 0 Å². The molecule has 1 atom stereocenters. The maximum absolute atomic E-state index is 12.7. The molecule has 1 aliphatic heterocycles. The number of nitrogens with zero attached hydrogens (tertiary/aromatic N) is 1. The van der Waals surface area contributed by atoms with Gasteiger partial charge in [-0.05, 0) is 55.5 Å². The Bertz CT molecular complexity index is 969. The summed E-state index contributed by atoms with van der Waals surface area (Å²) in [7, 11) is 3.05. The van der Waals surface area contributed by atoms with Crippen LogP contribution in [0.3, 0.4) is 0 Å². The van der Waals surface area contributed by atoms with Crippen molar-refractivity contribution in [3.8, 4) is 11.5 Å². The van der Waals surface area contributed by atoms with Gasteiger partial charge in [-0.2, -0.15) is 0 Å². The van der Waals surface area contributed by atoms with Crippen molar-refractivity contribution < 1.29 is 19.1 Å². The zero-order valence-corrected chi connectivity index (χ0v) is 16.0. The molecule has 2 aliphatic carbocycles. The third-order valence-corrected chi connectivity index (χ3v) is 5.39. The van der Waals surface area contributed by atoms with Crippen LogP contribution < -0.4 is 14.8 Å². The summed E-state index contributed by atoms with van der Waals surface area (Å²) in [5, 5.41) is 2.98. The molecular weight excluding hydrogens is 356 g/mol. The lowest BCUT2D eigenvalue weighted by molar-refractivity contribution is -0.117. The smallest absolute Gasteiger partial charge is 0.281 e. The fourth-order valence-electron chi connectivity index (χ4n) is 3.97. The number of ether oxygens (including phenoxy) is 2. The van der Waals surface area contributed by atoms with Crippen molar-refractivity contribution in [1.82, 2.24) is 5.32 Å². The molecule has 0 saturated carbocycles. The predicted molar refractivity (Wildman–Crippen MR) is 106 cm³/mol. The molecule has 1 aromatic carbocycles. The highest BCUT2D eigenvalue weighted by Gasteiger charge is 2.33. The van der Waals surface area contributed by atoms with Crippen molar-refractivity contribution in [2.45, 2.75) is 25.7 Å². The molecule has 1 heterocycles. The molecule has 0 bridgehead atoms. The second-order valence-electron chi connectivity index (χ2n) is 7.01. The maximum Gasteiger partial charge on any atom is 0.281 e. The number of carbonyl (C=O) groups excluding carboxylic acids is 2. The van der Waals surface area contributed by atoms with Crippen molar-refractivity contribution >= 4 is 17.5 Å². The first-order valence-corrected chi connectivity index (χ1v) is 9.39. The first-order chi connectivity index (χ1) is 13.6. The standard InChI is InChI=1S/C22H22N2O4/c1-27-14-8-10-18(20(12-14)28-2)22(26)23-13-7-9-16-15-5-3-4-6-17(15)21(25)24-19(16)11-13/h7-12,16H,3-6H2,1-2H3,(H,24,25). The van der Waals surface area contributed by atoms with E-state index < -0.39 is 5.91 Å². The van der Waals surface area contributed by atoms with Crippen LogP contribution in [0.5, 0.6) is 11.5 Å². The van der Waals surface area contributed by atoms with Crippen LogP contribution in [0, 0.1) is 5.92 Å². The summed E-state index contributed by atoms with van der Waals surface area (Å²) in [6.07, 6.45) is 9.62. The normalized spacial score (nSPS) is 22.2. The Morgan fingerprint density at radius 1 is 1.18 bits per heavy atom. The topological polar surface area (TPSA) is 77.0 Å². The van der Waals surface area contributed by atoms with E-state index in [0.29, 0.717) is 22.8 Å². The zero-order valence-electron chi connectivity index (χ0n) is 16.0. The fraction of sp³-hybridized carbons (Fsp3) is 0.318. The Balaban J connectivity index is 1.62. The highest BCUT2D eigenvalue weighted by Crippen LogP contribution is 2.38. The SMILES string of the molecule is COc1ccc(C(=O)N=C2C=CC3C(=C2)NC(=O)C2=C3CCCC2)c(OC)c1. The van der Waals surface area contributed by atoms with Gasteiger partial charge < -0.3 is 14.8 Å². The van der Waals surface area contributed by atoms with Gasteiger partial charge in [0.15, 0.2) is 0 Å². The molecule has 1 aromatic rings. The van der Waals surface area contributed by atoms with E-state index in [1.165, 1.54) is 12.7 Å². The molecule has 0 radical (unpaired) electrons. The van der Waals surface area contributed by atoms with Crippen LogP contribution in [0.25, 0.3) is 0 Å².